The zero-order valence-electron chi connectivity index (χ0n) is 11.1. The van der Waals surface area contributed by atoms with Gasteiger partial charge in [0.15, 0.2) is 0 Å². The molecule has 0 aliphatic carbocycles. The first kappa shape index (κ1) is 13.8. The predicted molar refractivity (Wildman–Crippen MR) is 71.9 cm³/mol. The minimum absolute atomic E-state index is 0.163. The maximum atomic E-state index is 13.0. The SMILES string of the molecule is CN1CCN(c2ccc(F)cc2)C(CCC(=O)O)C1. The lowest BCUT2D eigenvalue weighted by Gasteiger charge is -2.41. The van der Waals surface area contributed by atoms with Crippen molar-refractivity contribution in [1.29, 1.82) is 0 Å². The van der Waals surface area contributed by atoms with E-state index in [9.17, 15) is 9.18 Å². The molecule has 0 radical (unpaired) electrons. The molecule has 1 aliphatic rings. The monoisotopic (exact) mass is 266 g/mol. The maximum Gasteiger partial charge on any atom is 0.303 e. The standard InChI is InChI=1S/C14H19FN2O2/c1-16-8-9-17(12-4-2-11(15)3-5-12)13(10-16)6-7-14(18)19/h2-5,13H,6-10H2,1H3,(H,18,19). The number of hydrogen-bond acceptors (Lipinski definition) is 3. The summed E-state index contributed by atoms with van der Waals surface area (Å²) in [4.78, 5) is 15.1. The van der Waals surface area contributed by atoms with Gasteiger partial charge in [0.05, 0.1) is 0 Å². The van der Waals surface area contributed by atoms with Gasteiger partial charge in [0, 0.05) is 37.8 Å². The molecule has 1 aromatic rings. The maximum absolute atomic E-state index is 13.0. The van der Waals surface area contributed by atoms with E-state index in [0.29, 0.717) is 6.42 Å². The summed E-state index contributed by atoms with van der Waals surface area (Å²) in [7, 11) is 2.04. The highest BCUT2D eigenvalue weighted by atomic mass is 19.1. The molecule has 0 bridgehead atoms. The van der Waals surface area contributed by atoms with Crippen LogP contribution < -0.4 is 4.90 Å². The van der Waals surface area contributed by atoms with Crippen LogP contribution in [0.5, 0.6) is 0 Å². The van der Waals surface area contributed by atoms with Crippen LogP contribution in [0.25, 0.3) is 0 Å². The zero-order chi connectivity index (χ0) is 13.8. The van der Waals surface area contributed by atoms with E-state index >= 15 is 0 Å². The van der Waals surface area contributed by atoms with Crippen molar-refractivity contribution in [3.8, 4) is 0 Å². The van der Waals surface area contributed by atoms with Crippen molar-refractivity contribution in [3.63, 3.8) is 0 Å². The third kappa shape index (κ3) is 3.67. The molecule has 1 heterocycles. The predicted octanol–water partition coefficient (Wildman–Crippen LogP) is 1.81. The molecule has 2 rings (SSSR count). The van der Waals surface area contributed by atoms with Crippen molar-refractivity contribution < 1.29 is 14.3 Å². The van der Waals surface area contributed by atoms with Crippen LogP contribution >= 0.6 is 0 Å². The number of nitrogens with zero attached hydrogens (tertiary/aromatic N) is 2. The molecule has 0 spiro atoms. The minimum Gasteiger partial charge on any atom is -0.481 e. The molecule has 1 N–H and O–H groups in total. The van der Waals surface area contributed by atoms with Gasteiger partial charge in [0.1, 0.15) is 5.82 Å². The number of halogens is 1. The van der Waals surface area contributed by atoms with Gasteiger partial charge in [-0.3, -0.25) is 4.79 Å². The summed E-state index contributed by atoms with van der Waals surface area (Å²) in [5.74, 6) is -1.02. The normalized spacial score (nSPS) is 20.5. The van der Waals surface area contributed by atoms with Crippen molar-refractivity contribution in [2.45, 2.75) is 18.9 Å². The van der Waals surface area contributed by atoms with E-state index < -0.39 is 5.97 Å². The highest BCUT2D eigenvalue weighted by Crippen LogP contribution is 2.23. The smallest absolute Gasteiger partial charge is 0.303 e. The number of carboxylic acid groups (broad SMARTS) is 1. The first-order valence-electron chi connectivity index (χ1n) is 6.49. The molecule has 1 aliphatic heterocycles. The number of rotatable bonds is 4. The molecular weight excluding hydrogens is 247 g/mol. The van der Waals surface area contributed by atoms with Gasteiger partial charge in [-0.25, -0.2) is 4.39 Å². The number of aliphatic carboxylic acids is 1. The highest BCUT2D eigenvalue weighted by Gasteiger charge is 2.25. The summed E-state index contributed by atoms with van der Waals surface area (Å²) in [6.07, 6.45) is 0.771. The second-order valence-electron chi connectivity index (χ2n) is 5.02. The second-order valence-corrected chi connectivity index (χ2v) is 5.02. The van der Waals surface area contributed by atoms with Crippen molar-refractivity contribution in [2.24, 2.45) is 0 Å². The molecule has 1 saturated heterocycles. The average Bonchev–Trinajstić information content (AvgIpc) is 2.38. The number of anilines is 1. The van der Waals surface area contributed by atoms with E-state index in [4.69, 9.17) is 5.11 Å². The van der Waals surface area contributed by atoms with Crippen molar-refractivity contribution in [1.82, 2.24) is 4.90 Å². The van der Waals surface area contributed by atoms with Crippen LogP contribution in [0.1, 0.15) is 12.8 Å². The fourth-order valence-electron chi connectivity index (χ4n) is 2.52. The molecule has 1 atom stereocenters. The molecule has 5 heteroatoms. The lowest BCUT2D eigenvalue weighted by atomic mass is 10.1. The zero-order valence-corrected chi connectivity index (χ0v) is 11.1. The number of piperazine rings is 1. The summed E-state index contributed by atoms with van der Waals surface area (Å²) in [5, 5.41) is 8.82. The fraction of sp³-hybridized carbons (Fsp3) is 0.500. The molecule has 4 nitrogen and oxygen atoms in total. The van der Waals surface area contributed by atoms with Crippen molar-refractivity contribution in [2.75, 3.05) is 31.6 Å². The Kier molecular flexibility index (Phi) is 4.37. The van der Waals surface area contributed by atoms with Crippen LogP contribution in [-0.4, -0.2) is 48.7 Å². The Morgan fingerprint density at radius 1 is 1.37 bits per heavy atom. The number of likely N-dealkylation sites (N-methyl/N-ethyl adjacent to an activating group) is 1. The van der Waals surface area contributed by atoms with E-state index in [0.717, 1.165) is 25.3 Å². The Balaban J connectivity index is 2.10. The molecule has 0 aromatic heterocycles. The second kappa shape index (κ2) is 6.02. The minimum atomic E-state index is -0.771. The first-order chi connectivity index (χ1) is 9.06. The Morgan fingerprint density at radius 2 is 2.05 bits per heavy atom. The number of carbonyl (C=O) groups is 1. The van der Waals surface area contributed by atoms with Gasteiger partial charge in [0.25, 0.3) is 0 Å². The first-order valence-corrected chi connectivity index (χ1v) is 6.49. The van der Waals surface area contributed by atoms with E-state index in [1.54, 1.807) is 12.1 Å². The Bertz CT molecular complexity index is 436. The van der Waals surface area contributed by atoms with Gasteiger partial charge < -0.3 is 14.9 Å². The molecule has 1 fully saturated rings. The van der Waals surface area contributed by atoms with Crippen LogP contribution in [-0.2, 0) is 4.79 Å². The Morgan fingerprint density at radius 3 is 2.68 bits per heavy atom. The third-order valence-electron chi connectivity index (χ3n) is 3.54. The van der Waals surface area contributed by atoms with Gasteiger partial charge in [-0.15, -0.1) is 0 Å². The Hall–Kier alpha value is -1.62. The third-order valence-corrected chi connectivity index (χ3v) is 3.54. The van der Waals surface area contributed by atoms with Crippen LogP contribution in [0, 0.1) is 5.82 Å². The summed E-state index contributed by atoms with van der Waals surface area (Å²) in [6, 6.07) is 6.58. The molecule has 0 saturated carbocycles. The number of benzene rings is 1. The molecule has 1 unspecified atom stereocenters. The summed E-state index contributed by atoms with van der Waals surface area (Å²) >= 11 is 0. The van der Waals surface area contributed by atoms with E-state index in [-0.39, 0.29) is 18.3 Å². The average molecular weight is 266 g/mol. The Labute approximate surface area is 112 Å². The molecule has 1 aromatic carbocycles. The van der Waals surface area contributed by atoms with Gasteiger partial charge in [-0.1, -0.05) is 0 Å². The molecule has 19 heavy (non-hydrogen) atoms. The largest absolute Gasteiger partial charge is 0.481 e. The van der Waals surface area contributed by atoms with Gasteiger partial charge in [0.2, 0.25) is 0 Å². The summed E-state index contributed by atoms with van der Waals surface area (Å²) in [5.41, 5.74) is 0.963. The van der Waals surface area contributed by atoms with Gasteiger partial charge >= 0.3 is 5.97 Å². The number of hydrogen-bond donors (Lipinski definition) is 1. The molecule has 0 amide bonds. The highest BCUT2D eigenvalue weighted by molar-refractivity contribution is 5.66. The van der Waals surface area contributed by atoms with Crippen molar-refractivity contribution in [3.05, 3.63) is 30.1 Å². The number of carboxylic acids is 1. The van der Waals surface area contributed by atoms with E-state index in [2.05, 4.69) is 9.80 Å². The molecular formula is C14H19FN2O2. The fourth-order valence-corrected chi connectivity index (χ4v) is 2.52. The van der Waals surface area contributed by atoms with E-state index in [1.807, 2.05) is 7.05 Å². The van der Waals surface area contributed by atoms with Crippen LogP contribution in [0.2, 0.25) is 0 Å². The van der Waals surface area contributed by atoms with Gasteiger partial charge in [-0.05, 0) is 37.7 Å². The van der Waals surface area contributed by atoms with Crippen LogP contribution in [0.15, 0.2) is 24.3 Å². The van der Waals surface area contributed by atoms with E-state index in [1.165, 1.54) is 12.1 Å². The lowest BCUT2D eigenvalue weighted by molar-refractivity contribution is -0.137. The summed E-state index contributed by atoms with van der Waals surface area (Å²) in [6.45, 7) is 2.61. The van der Waals surface area contributed by atoms with Gasteiger partial charge in [-0.2, -0.15) is 0 Å². The van der Waals surface area contributed by atoms with Crippen molar-refractivity contribution >= 4 is 11.7 Å². The molecule has 104 valence electrons. The topological polar surface area (TPSA) is 43.8 Å². The van der Waals surface area contributed by atoms with Crippen LogP contribution in [0.3, 0.4) is 0 Å². The summed E-state index contributed by atoms with van der Waals surface area (Å²) < 4.78 is 13.0. The lowest BCUT2D eigenvalue weighted by Crippen LogP contribution is -2.52. The quantitative estimate of drug-likeness (QED) is 0.902. The van der Waals surface area contributed by atoms with Crippen LogP contribution in [0.4, 0.5) is 10.1 Å².